The van der Waals surface area contributed by atoms with E-state index in [1.165, 1.54) is 12.1 Å². The van der Waals surface area contributed by atoms with E-state index in [4.69, 9.17) is 8.83 Å². The standard InChI is InChI=1S/C25H14F2N2O5/c26-17-10-9-14(12-18(17)27)28-24(31)22-21(15-6-2-4-8-20(15)33-22)29-23(30)16-11-13-5-1-3-7-19(13)34-25(16)32/h1-12H,(H,28,31)(H,29,30). The fourth-order valence-electron chi connectivity index (χ4n) is 3.49. The Morgan fingerprint density at radius 3 is 2.26 bits per heavy atom. The molecule has 0 spiro atoms. The molecule has 0 unspecified atom stereocenters. The Bertz CT molecular complexity index is 1650. The van der Waals surface area contributed by atoms with E-state index in [-0.39, 0.29) is 22.7 Å². The summed E-state index contributed by atoms with van der Waals surface area (Å²) < 4.78 is 37.6. The number of carbonyl (C=O) groups excluding carboxylic acids is 2. The molecule has 0 aliphatic carbocycles. The normalized spacial score (nSPS) is 11.0. The van der Waals surface area contributed by atoms with Crippen molar-refractivity contribution < 1.29 is 27.2 Å². The van der Waals surface area contributed by atoms with Crippen LogP contribution >= 0.6 is 0 Å². The summed E-state index contributed by atoms with van der Waals surface area (Å²) in [7, 11) is 0. The Morgan fingerprint density at radius 1 is 0.735 bits per heavy atom. The average molecular weight is 460 g/mol. The van der Waals surface area contributed by atoms with E-state index >= 15 is 0 Å². The molecule has 0 saturated heterocycles. The molecule has 0 saturated carbocycles. The minimum Gasteiger partial charge on any atom is -0.449 e. The van der Waals surface area contributed by atoms with Gasteiger partial charge in [-0.15, -0.1) is 0 Å². The van der Waals surface area contributed by atoms with Crippen molar-refractivity contribution >= 4 is 45.1 Å². The molecule has 2 aromatic heterocycles. The van der Waals surface area contributed by atoms with Crippen LogP contribution in [-0.4, -0.2) is 11.8 Å². The number of rotatable bonds is 4. The molecule has 0 aliphatic heterocycles. The number of hydrogen-bond donors (Lipinski definition) is 2. The van der Waals surface area contributed by atoms with E-state index < -0.39 is 29.1 Å². The van der Waals surface area contributed by atoms with Gasteiger partial charge in [-0.05, 0) is 36.4 Å². The Hall–Kier alpha value is -4.79. The van der Waals surface area contributed by atoms with Crippen LogP contribution in [0.3, 0.4) is 0 Å². The minimum atomic E-state index is -1.14. The van der Waals surface area contributed by atoms with Crippen molar-refractivity contribution in [1.82, 2.24) is 0 Å². The first-order chi connectivity index (χ1) is 16.4. The molecule has 5 aromatic rings. The number of furan rings is 1. The predicted molar refractivity (Wildman–Crippen MR) is 121 cm³/mol. The van der Waals surface area contributed by atoms with Crippen molar-refractivity contribution in [3.05, 3.63) is 106 Å². The molecular weight excluding hydrogens is 446 g/mol. The molecule has 0 radical (unpaired) electrons. The molecule has 9 heteroatoms. The van der Waals surface area contributed by atoms with Crippen molar-refractivity contribution in [3.8, 4) is 0 Å². The first-order valence-electron chi connectivity index (χ1n) is 10.0. The van der Waals surface area contributed by atoms with E-state index in [0.717, 1.165) is 12.1 Å². The van der Waals surface area contributed by atoms with Crippen LogP contribution in [0.2, 0.25) is 0 Å². The van der Waals surface area contributed by atoms with Crippen LogP contribution in [0.4, 0.5) is 20.2 Å². The maximum atomic E-state index is 13.5. The second-order valence-corrected chi connectivity index (χ2v) is 7.32. The van der Waals surface area contributed by atoms with Gasteiger partial charge >= 0.3 is 5.63 Å². The Kier molecular flexibility index (Phi) is 5.14. The summed E-state index contributed by atoms with van der Waals surface area (Å²) in [6.45, 7) is 0. The zero-order valence-corrected chi connectivity index (χ0v) is 17.2. The van der Waals surface area contributed by atoms with E-state index in [9.17, 15) is 23.2 Å². The molecule has 2 amide bonds. The predicted octanol–water partition coefficient (Wildman–Crippen LogP) is 5.32. The lowest BCUT2D eigenvalue weighted by Crippen LogP contribution is -2.22. The largest absolute Gasteiger partial charge is 0.449 e. The molecule has 34 heavy (non-hydrogen) atoms. The maximum Gasteiger partial charge on any atom is 0.349 e. The lowest BCUT2D eigenvalue weighted by atomic mass is 10.1. The number of benzene rings is 3. The second kappa shape index (κ2) is 8.28. The Balaban J connectivity index is 1.53. The van der Waals surface area contributed by atoms with Crippen molar-refractivity contribution in [2.75, 3.05) is 10.6 Å². The van der Waals surface area contributed by atoms with Crippen LogP contribution in [0.1, 0.15) is 20.9 Å². The fraction of sp³-hybridized carbons (Fsp3) is 0. The van der Waals surface area contributed by atoms with Crippen LogP contribution < -0.4 is 16.3 Å². The van der Waals surface area contributed by atoms with E-state index in [0.29, 0.717) is 21.9 Å². The Morgan fingerprint density at radius 2 is 1.47 bits per heavy atom. The fourth-order valence-corrected chi connectivity index (χ4v) is 3.49. The highest BCUT2D eigenvalue weighted by Gasteiger charge is 2.24. The highest BCUT2D eigenvalue weighted by atomic mass is 19.2. The second-order valence-electron chi connectivity index (χ2n) is 7.32. The van der Waals surface area contributed by atoms with Gasteiger partial charge in [0.25, 0.3) is 11.8 Å². The number of anilines is 2. The monoisotopic (exact) mass is 460 g/mol. The SMILES string of the molecule is O=C(Nc1ccc(F)c(F)c1)c1oc2ccccc2c1NC(=O)c1cc2ccccc2oc1=O. The van der Waals surface area contributed by atoms with Crippen molar-refractivity contribution in [1.29, 1.82) is 0 Å². The van der Waals surface area contributed by atoms with E-state index in [2.05, 4.69) is 10.6 Å². The Labute approximate surface area is 189 Å². The number of para-hydroxylation sites is 2. The zero-order chi connectivity index (χ0) is 23.8. The van der Waals surface area contributed by atoms with Gasteiger partial charge < -0.3 is 19.5 Å². The lowest BCUT2D eigenvalue weighted by molar-refractivity contribution is 0.0999. The number of halogens is 2. The molecular formula is C25H14F2N2O5. The number of hydrogen-bond acceptors (Lipinski definition) is 5. The molecule has 2 N–H and O–H groups in total. The molecule has 5 rings (SSSR count). The molecule has 0 bridgehead atoms. The number of nitrogens with one attached hydrogen (secondary N) is 2. The summed E-state index contributed by atoms with van der Waals surface area (Å²) in [5.41, 5.74) is -0.513. The quantitative estimate of drug-likeness (QED) is 0.354. The number of amides is 2. The van der Waals surface area contributed by atoms with Crippen molar-refractivity contribution in [2.24, 2.45) is 0 Å². The van der Waals surface area contributed by atoms with Crippen LogP contribution in [0.5, 0.6) is 0 Å². The lowest BCUT2D eigenvalue weighted by Gasteiger charge is -2.08. The third-order valence-corrected chi connectivity index (χ3v) is 5.10. The number of carbonyl (C=O) groups is 2. The van der Waals surface area contributed by atoms with Gasteiger partial charge in [0, 0.05) is 22.5 Å². The maximum absolute atomic E-state index is 13.5. The smallest absolute Gasteiger partial charge is 0.349 e. The molecule has 2 heterocycles. The summed E-state index contributed by atoms with van der Waals surface area (Å²) in [5, 5.41) is 5.90. The summed E-state index contributed by atoms with van der Waals surface area (Å²) in [6, 6.07) is 17.5. The van der Waals surface area contributed by atoms with Gasteiger partial charge in [0.05, 0.1) is 0 Å². The molecule has 0 aliphatic rings. The van der Waals surface area contributed by atoms with Crippen molar-refractivity contribution in [2.45, 2.75) is 0 Å². The zero-order valence-electron chi connectivity index (χ0n) is 17.2. The van der Waals surface area contributed by atoms with Gasteiger partial charge in [0.1, 0.15) is 22.4 Å². The third kappa shape index (κ3) is 3.79. The molecule has 3 aromatic carbocycles. The van der Waals surface area contributed by atoms with E-state index in [1.807, 2.05) is 0 Å². The molecule has 168 valence electrons. The first kappa shape index (κ1) is 21.1. The number of fused-ring (bicyclic) bond motifs is 2. The first-order valence-corrected chi connectivity index (χ1v) is 10.0. The van der Waals surface area contributed by atoms with Gasteiger partial charge in [-0.2, -0.15) is 0 Å². The summed E-state index contributed by atoms with van der Waals surface area (Å²) in [4.78, 5) is 38.3. The van der Waals surface area contributed by atoms with E-state index in [1.54, 1.807) is 48.5 Å². The average Bonchev–Trinajstić information content (AvgIpc) is 3.19. The third-order valence-electron chi connectivity index (χ3n) is 5.10. The molecule has 0 atom stereocenters. The summed E-state index contributed by atoms with van der Waals surface area (Å²) >= 11 is 0. The van der Waals surface area contributed by atoms with Gasteiger partial charge in [0.2, 0.25) is 5.76 Å². The van der Waals surface area contributed by atoms with Crippen LogP contribution in [0.25, 0.3) is 21.9 Å². The van der Waals surface area contributed by atoms with Crippen molar-refractivity contribution in [3.63, 3.8) is 0 Å². The topological polar surface area (TPSA) is 102 Å². The van der Waals surface area contributed by atoms with Gasteiger partial charge in [0.15, 0.2) is 11.6 Å². The molecule has 7 nitrogen and oxygen atoms in total. The van der Waals surface area contributed by atoms with Gasteiger partial charge in [-0.25, -0.2) is 13.6 Å². The molecule has 0 fully saturated rings. The van der Waals surface area contributed by atoms with Crippen LogP contribution in [0.15, 0.2) is 86.4 Å². The summed E-state index contributed by atoms with van der Waals surface area (Å²) in [6.07, 6.45) is 0. The highest BCUT2D eigenvalue weighted by molar-refractivity contribution is 6.17. The van der Waals surface area contributed by atoms with Crippen LogP contribution in [0, 0.1) is 11.6 Å². The van der Waals surface area contributed by atoms with Crippen LogP contribution in [-0.2, 0) is 0 Å². The highest BCUT2D eigenvalue weighted by Crippen LogP contribution is 2.32. The minimum absolute atomic E-state index is 0.00763. The summed E-state index contributed by atoms with van der Waals surface area (Å²) in [5.74, 6) is -4.12. The van der Waals surface area contributed by atoms with Gasteiger partial charge in [-0.3, -0.25) is 9.59 Å². The van der Waals surface area contributed by atoms with Gasteiger partial charge in [-0.1, -0.05) is 30.3 Å².